The monoisotopic (exact) mass is 136 g/mol. The molecule has 1 aliphatic rings. The lowest BCUT2D eigenvalue weighted by atomic mass is 10.0. The van der Waals surface area contributed by atoms with Crippen LogP contribution in [-0.2, 0) is 0 Å². The Labute approximate surface area is 63.6 Å². The summed E-state index contributed by atoms with van der Waals surface area (Å²) in [5.74, 6) is 0.772. The summed E-state index contributed by atoms with van der Waals surface area (Å²) in [5.41, 5.74) is 2.96. The van der Waals surface area contributed by atoms with Crippen LogP contribution in [0.15, 0.2) is 23.3 Å². The van der Waals surface area contributed by atoms with Gasteiger partial charge in [-0.1, -0.05) is 30.2 Å². The van der Waals surface area contributed by atoms with Gasteiger partial charge in [0.05, 0.1) is 0 Å². The third-order valence-electron chi connectivity index (χ3n) is 2.02. The minimum atomic E-state index is 0.772. The third kappa shape index (κ3) is 2.02. The zero-order chi connectivity index (χ0) is 7.56. The van der Waals surface area contributed by atoms with Crippen LogP contribution in [0, 0.1) is 5.92 Å². The highest BCUT2D eigenvalue weighted by Crippen LogP contribution is 2.20. The Balaban J connectivity index is 2.72. The normalized spacial score (nSPS) is 26.9. The first-order valence-electron chi connectivity index (χ1n) is 4.04. The largest absolute Gasteiger partial charge is 0.0787 e. The molecule has 0 aromatic heterocycles. The van der Waals surface area contributed by atoms with Crippen LogP contribution in [0.2, 0.25) is 0 Å². The van der Waals surface area contributed by atoms with Gasteiger partial charge in [0.2, 0.25) is 0 Å². The van der Waals surface area contributed by atoms with E-state index in [9.17, 15) is 0 Å². The number of hydrogen-bond donors (Lipinski definition) is 0. The average Bonchev–Trinajstić information content (AvgIpc) is 1.93. The van der Waals surface area contributed by atoms with Crippen molar-refractivity contribution in [1.82, 2.24) is 0 Å². The van der Waals surface area contributed by atoms with Crippen molar-refractivity contribution in [3.63, 3.8) is 0 Å². The topological polar surface area (TPSA) is 0 Å². The molecule has 1 rings (SSSR count). The molecule has 1 atom stereocenters. The molecule has 0 saturated heterocycles. The highest BCUT2D eigenvalue weighted by Gasteiger charge is 2.03. The van der Waals surface area contributed by atoms with E-state index in [0.717, 1.165) is 5.92 Å². The first-order valence-corrected chi connectivity index (χ1v) is 4.04. The molecule has 0 aromatic carbocycles. The van der Waals surface area contributed by atoms with Gasteiger partial charge in [0, 0.05) is 0 Å². The van der Waals surface area contributed by atoms with Gasteiger partial charge in [-0.05, 0) is 32.6 Å². The summed E-state index contributed by atoms with van der Waals surface area (Å²) in [6.45, 7) is 6.69. The van der Waals surface area contributed by atoms with Gasteiger partial charge < -0.3 is 0 Å². The molecule has 0 radical (unpaired) electrons. The van der Waals surface area contributed by atoms with Crippen LogP contribution >= 0.6 is 0 Å². The molecule has 0 spiro atoms. The maximum absolute atomic E-state index is 2.36. The van der Waals surface area contributed by atoms with Crippen LogP contribution in [0.5, 0.6) is 0 Å². The maximum atomic E-state index is 2.36. The van der Waals surface area contributed by atoms with Gasteiger partial charge in [0.25, 0.3) is 0 Å². The summed E-state index contributed by atoms with van der Waals surface area (Å²) >= 11 is 0. The molecule has 1 unspecified atom stereocenters. The van der Waals surface area contributed by atoms with Gasteiger partial charge in [-0.2, -0.15) is 0 Å². The van der Waals surface area contributed by atoms with Gasteiger partial charge >= 0.3 is 0 Å². The van der Waals surface area contributed by atoms with E-state index >= 15 is 0 Å². The standard InChI is InChI=1S/C10H16/c1-8-4-5-9(2)7-10(3)6-8/h6-8H,4-5H2,1-3H3. The van der Waals surface area contributed by atoms with Crippen molar-refractivity contribution in [2.24, 2.45) is 5.92 Å². The Bertz CT molecular complexity index is 172. The molecular weight excluding hydrogens is 120 g/mol. The fourth-order valence-corrected chi connectivity index (χ4v) is 1.50. The molecule has 10 heavy (non-hydrogen) atoms. The van der Waals surface area contributed by atoms with Crippen LogP contribution in [0.3, 0.4) is 0 Å². The van der Waals surface area contributed by atoms with E-state index in [0.29, 0.717) is 0 Å². The van der Waals surface area contributed by atoms with Gasteiger partial charge in [-0.3, -0.25) is 0 Å². The smallest absolute Gasteiger partial charge is 0.0253 e. The van der Waals surface area contributed by atoms with E-state index in [2.05, 4.69) is 32.9 Å². The molecule has 0 amide bonds. The molecule has 0 heterocycles. The summed E-state index contributed by atoms with van der Waals surface area (Å²) in [7, 11) is 0. The zero-order valence-electron chi connectivity index (χ0n) is 7.15. The van der Waals surface area contributed by atoms with E-state index in [1.54, 1.807) is 0 Å². The van der Waals surface area contributed by atoms with E-state index in [-0.39, 0.29) is 0 Å². The van der Waals surface area contributed by atoms with Crippen molar-refractivity contribution >= 4 is 0 Å². The molecule has 0 N–H and O–H groups in total. The quantitative estimate of drug-likeness (QED) is 0.479. The summed E-state index contributed by atoms with van der Waals surface area (Å²) in [6.07, 6.45) is 7.24. The van der Waals surface area contributed by atoms with Crippen LogP contribution < -0.4 is 0 Å². The van der Waals surface area contributed by atoms with Gasteiger partial charge in [0.15, 0.2) is 0 Å². The molecule has 56 valence electrons. The fourth-order valence-electron chi connectivity index (χ4n) is 1.50. The molecule has 1 aliphatic carbocycles. The first-order chi connectivity index (χ1) is 4.68. The second kappa shape index (κ2) is 3.05. The van der Waals surface area contributed by atoms with Gasteiger partial charge in [-0.25, -0.2) is 0 Å². The van der Waals surface area contributed by atoms with E-state index in [1.165, 1.54) is 24.0 Å². The molecule has 0 heteroatoms. The minimum Gasteiger partial charge on any atom is -0.0787 e. The molecule has 0 nitrogen and oxygen atoms in total. The van der Waals surface area contributed by atoms with Gasteiger partial charge in [0.1, 0.15) is 0 Å². The molecule has 0 aromatic rings. The van der Waals surface area contributed by atoms with Crippen molar-refractivity contribution < 1.29 is 0 Å². The van der Waals surface area contributed by atoms with Gasteiger partial charge in [-0.15, -0.1) is 0 Å². The second-order valence-electron chi connectivity index (χ2n) is 3.42. The summed E-state index contributed by atoms with van der Waals surface area (Å²) in [6, 6.07) is 0. The zero-order valence-corrected chi connectivity index (χ0v) is 7.15. The van der Waals surface area contributed by atoms with Crippen molar-refractivity contribution in [2.45, 2.75) is 33.6 Å². The number of hydrogen-bond acceptors (Lipinski definition) is 0. The van der Waals surface area contributed by atoms with Crippen molar-refractivity contribution in [1.29, 1.82) is 0 Å². The first kappa shape index (κ1) is 7.59. The summed E-state index contributed by atoms with van der Waals surface area (Å²) in [4.78, 5) is 0. The fraction of sp³-hybridized carbons (Fsp3) is 0.600. The molecule has 0 saturated carbocycles. The Morgan fingerprint density at radius 1 is 1.40 bits per heavy atom. The number of rotatable bonds is 0. The van der Waals surface area contributed by atoms with Crippen LogP contribution in [-0.4, -0.2) is 0 Å². The molecular formula is C10H16. The Morgan fingerprint density at radius 3 is 2.80 bits per heavy atom. The maximum Gasteiger partial charge on any atom is -0.0253 e. The highest BCUT2D eigenvalue weighted by molar-refractivity contribution is 5.23. The van der Waals surface area contributed by atoms with Crippen LogP contribution in [0.25, 0.3) is 0 Å². The lowest BCUT2D eigenvalue weighted by Gasteiger charge is -2.01. The highest BCUT2D eigenvalue weighted by atomic mass is 14.1. The predicted molar refractivity (Wildman–Crippen MR) is 45.9 cm³/mol. The van der Waals surface area contributed by atoms with E-state index in [4.69, 9.17) is 0 Å². The molecule has 0 bridgehead atoms. The summed E-state index contributed by atoms with van der Waals surface area (Å²) < 4.78 is 0. The van der Waals surface area contributed by atoms with Crippen molar-refractivity contribution in [3.05, 3.63) is 23.3 Å². The van der Waals surface area contributed by atoms with E-state index in [1.807, 2.05) is 0 Å². The van der Waals surface area contributed by atoms with Crippen molar-refractivity contribution in [2.75, 3.05) is 0 Å². The summed E-state index contributed by atoms with van der Waals surface area (Å²) in [5, 5.41) is 0. The van der Waals surface area contributed by atoms with Crippen LogP contribution in [0.4, 0.5) is 0 Å². The van der Waals surface area contributed by atoms with Crippen LogP contribution in [0.1, 0.15) is 33.6 Å². The average molecular weight is 136 g/mol. The van der Waals surface area contributed by atoms with Crippen molar-refractivity contribution in [3.8, 4) is 0 Å². The predicted octanol–water partition coefficient (Wildman–Crippen LogP) is 3.31. The Hall–Kier alpha value is -0.520. The second-order valence-corrected chi connectivity index (χ2v) is 3.42. The molecule has 0 fully saturated rings. The Morgan fingerprint density at radius 2 is 2.10 bits per heavy atom. The molecule has 0 aliphatic heterocycles. The number of allylic oxidation sites excluding steroid dienone is 4. The minimum absolute atomic E-state index is 0.772. The Kier molecular flexibility index (Phi) is 2.31. The SMILES string of the molecule is CC1=CC(C)CCC(C)=C1. The van der Waals surface area contributed by atoms with E-state index < -0.39 is 0 Å². The third-order valence-corrected chi connectivity index (χ3v) is 2.02. The lowest BCUT2D eigenvalue weighted by Crippen LogP contribution is -1.87. The lowest BCUT2D eigenvalue weighted by molar-refractivity contribution is 0.649.